The van der Waals surface area contributed by atoms with Crippen molar-refractivity contribution in [2.45, 2.75) is 32.6 Å². The van der Waals surface area contributed by atoms with Crippen molar-refractivity contribution >= 4 is 5.84 Å². The van der Waals surface area contributed by atoms with Crippen LogP contribution in [0.3, 0.4) is 0 Å². The Morgan fingerprint density at radius 3 is 2.82 bits per heavy atom. The minimum absolute atomic E-state index is 0.0481. The molecule has 0 fully saturated rings. The van der Waals surface area contributed by atoms with Crippen LogP contribution in [0.4, 0.5) is 0 Å². The molecule has 0 aliphatic rings. The van der Waals surface area contributed by atoms with E-state index in [1.807, 2.05) is 0 Å². The summed E-state index contributed by atoms with van der Waals surface area (Å²) in [6.07, 6.45) is 6.19. The molecule has 17 heavy (non-hydrogen) atoms. The van der Waals surface area contributed by atoms with Gasteiger partial charge in [-0.3, -0.25) is 0 Å². The van der Waals surface area contributed by atoms with Gasteiger partial charge >= 0.3 is 0 Å². The van der Waals surface area contributed by atoms with Crippen LogP contribution in [-0.4, -0.2) is 22.6 Å². The quantitative estimate of drug-likeness (QED) is 0.250. The van der Waals surface area contributed by atoms with Gasteiger partial charge in [-0.25, -0.2) is 4.98 Å². The fourth-order valence-corrected chi connectivity index (χ4v) is 1.38. The van der Waals surface area contributed by atoms with Crippen LogP contribution < -0.4 is 10.5 Å². The average molecular weight is 237 g/mol. The predicted octanol–water partition coefficient (Wildman–Crippen LogP) is 2.14. The van der Waals surface area contributed by atoms with Crippen molar-refractivity contribution in [1.82, 2.24) is 4.98 Å². The Morgan fingerprint density at radius 1 is 1.41 bits per heavy atom. The van der Waals surface area contributed by atoms with Crippen molar-refractivity contribution in [3.05, 3.63) is 23.9 Å². The maximum absolute atomic E-state index is 8.49. The molecule has 1 aromatic heterocycles. The van der Waals surface area contributed by atoms with Crippen molar-refractivity contribution in [1.29, 1.82) is 0 Å². The highest BCUT2D eigenvalue weighted by Gasteiger charge is 2.00. The summed E-state index contributed by atoms with van der Waals surface area (Å²) in [5.41, 5.74) is 5.99. The fourth-order valence-electron chi connectivity index (χ4n) is 1.38. The van der Waals surface area contributed by atoms with E-state index in [1.165, 1.54) is 25.5 Å². The van der Waals surface area contributed by atoms with Crippen LogP contribution in [0.15, 0.2) is 23.5 Å². The van der Waals surface area contributed by atoms with Gasteiger partial charge in [0.15, 0.2) is 5.84 Å². The third kappa shape index (κ3) is 4.72. The lowest BCUT2D eigenvalue weighted by Gasteiger charge is -2.05. The molecule has 5 nitrogen and oxygen atoms in total. The van der Waals surface area contributed by atoms with Crippen molar-refractivity contribution < 1.29 is 9.94 Å². The van der Waals surface area contributed by atoms with Gasteiger partial charge in [0.1, 0.15) is 0 Å². The second kappa shape index (κ2) is 7.49. The molecule has 3 N–H and O–H groups in total. The summed E-state index contributed by atoms with van der Waals surface area (Å²) in [7, 11) is 0. The van der Waals surface area contributed by atoms with E-state index >= 15 is 0 Å². The molecule has 0 radical (unpaired) electrons. The third-order valence-electron chi connectivity index (χ3n) is 2.39. The molecular formula is C12H19N3O2. The van der Waals surface area contributed by atoms with Gasteiger partial charge in [-0.1, -0.05) is 31.3 Å². The number of unbranched alkanes of at least 4 members (excludes halogenated alkanes) is 3. The molecule has 1 rings (SSSR count). The fraction of sp³-hybridized carbons (Fsp3) is 0.500. The summed E-state index contributed by atoms with van der Waals surface area (Å²) in [6, 6.07) is 3.43. The van der Waals surface area contributed by atoms with Crippen molar-refractivity contribution in [3.63, 3.8) is 0 Å². The zero-order valence-electron chi connectivity index (χ0n) is 10.1. The Kier molecular flexibility index (Phi) is 5.85. The van der Waals surface area contributed by atoms with Crippen molar-refractivity contribution in [2.75, 3.05) is 6.61 Å². The zero-order valence-corrected chi connectivity index (χ0v) is 10.1. The van der Waals surface area contributed by atoms with Crippen molar-refractivity contribution in [2.24, 2.45) is 10.9 Å². The Balaban J connectivity index is 2.35. The molecule has 0 aliphatic carbocycles. The Labute approximate surface area is 101 Å². The zero-order chi connectivity index (χ0) is 12.5. The minimum atomic E-state index is 0.0481. The van der Waals surface area contributed by atoms with Crippen LogP contribution in [0.1, 0.15) is 38.2 Å². The van der Waals surface area contributed by atoms with Gasteiger partial charge in [0.05, 0.1) is 6.61 Å². The van der Waals surface area contributed by atoms with Gasteiger partial charge in [-0.05, 0) is 12.5 Å². The van der Waals surface area contributed by atoms with Crippen LogP contribution in [0, 0.1) is 0 Å². The van der Waals surface area contributed by atoms with E-state index in [1.54, 1.807) is 12.1 Å². The van der Waals surface area contributed by atoms with Gasteiger partial charge in [-0.15, -0.1) is 0 Å². The normalized spacial score (nSPS) is 11.5. The van der Waals surface area contributed by atoms with E-state index in [4.69, 9.17) is 15.7 Å². The smallest absolute Gasteiger partial charge is 0.213 e. The molecule has 0 amide bonds. The maximum Gasteiger partial charge on any atom is 0.213 e. The van der Waals surface area contributed by atoms with Gasteiger partial charge < -0.3 is 15.7 Å². The lowest BCUT2D eigenvalue weighted by molar-refractivity contribution is 0.294. The van der Waals surface area contributed by atoms with Gasteiger partial charge in [0, 0.05) is 17.8 Å². The summed E-state index contributed by atoms with van der Waals surface area (Å²) in [4.78, 5) is 4.07. The summed E-state index contributed by atoms with van der Waals surface area (Å²) in [6.45, 7) is 2.85. The molecule has 0 unspecified atom stereocenters. The van der Waals surface area contributed by atoms with Crippen LogP contribution in [0.2, 0.25) is 0 Å². The van der Waals surface area contributed by atoms with Crippen LogP contribution in [0.25, 0.3) is 0 Å². The number of hydrogen-bond donors (Lipinski definition) is 2. The van der Waals surface area contributed by atoms with E-state index in [2.05, 4.69) is 17.1 Å². The molecule has 0 atom stereocenters. The predicted molar refractivity (Wildman–Crippen MR) is 66.4 cm³/mol. The maximum atomic E-state index is 8.49. The van der Waals surface area contributed by atoms with Crippen molar-refractivity contribution in [3.8, 4) is 5.88 Å². The number of pyridine rings is 1. The van der Waals surface area contributed by atoms with Crippen LogP contribution >= 0.6 is 0 Å². The summed E-state index contributed by atoms with van der Waals surface area (Å²) >= 11 is 0. The Bertz CT molecular complexity index is 349. The first-order valence-electron chi connectivity index (χ1n) is 5.84. The molecular weight excluding hydrogens is 218 g/mol. The number of nitrogens with two attached hydrogens (primary N) is 1. The molecule has 0 aliphatic heterocycles. The first kappa shape index (κ1) is 13.3. The molecule has 0 spiro atoms. The lowest BCUT2D eigenvalue weighted by atomic mass is 10.2. The van der Waals surface area contributed by atoms with Crippen LogP contribution in [0.5, 0.6) is 5.88 Å². The summed E-state index contributed by atoms with van der Waals surface area (Å²) in [5.74, 6) is 0.614. The number of amidine groups is 1. The summed E-state index contributed by atoms with van der Waals surface area (Å²) < 4.78 is 5.47. The first-order valence-corrected chi connectivity index (χ1v) is 5.84. The first-order chi connectivity index (χ1) is 8.27. The Hall–Kier alpha value is -1.78. The van der Waals surface area contributed by atoms with Crippen LogP contribution in [-0.2, 0) is 0 Å². The number of nitrogens with zero attached hydrogens (tertiary/aromatic N) is 2. The highest BCUT2D eigenvalue weighted by molar-refractivity contribution is 5.96. The second-order valence-electron chi connectivity index (χ2n) is 3.78. The number of oxime groups is 1. The Morgan fingerprint density at radius 2 is 2.24 bits per heavy atom. The number of ether oxygens (including phenoxy) is 1. The molecule has 0 aromatic carbocycles. The van der Waals surface area contributed by atoms with Gasteiger partial charge in [0.2, 0.25) is 5.88 Å². The number of hydrogen-bond acceptors (Lipinski definition) is 4. The summed E-state index contributed by atoms with van der Waals surface area (Å²) in [5, 5.41) is 11.4. The monoisotopic (exact) mass is 237 g/mol. The highest BCUT2D eigenvalue weighted by atomic mass is 16.5. The third-order valence-corrected chi connectivity index (χ3v) is 2.39. The molecule has 0 bridgehead atoms. The molecule has 0 saturated heterocycles. The van der Waals surface area contributed by atoms with Gasteiger partial charge in [-0.2, -0.15) is 0 Å². The largest absolute Gasteiger partial charge is 0.478 e. The topological polar surface area (TPSA) is 80.7 Å². The molecule has 1 aromatic rings. The average Bonchev–Trinajstić information content (AvgIpc) is 2.38. The lowest BCUT2D eigenvalue weighted by Crippen LogP contribution is -2.13. The van der Waals surface area contributed by atoms with E-state index in [-0.39, 0.29) is 5.84 Å². The number of rotatable bonds is 7. The molecule has 1 heterocycles. The molecule has 0 saturated carbocycles. The minimum Gasteiger partial charge on any atom is -0.478 e. The highest BCUT2D eigenvalue weighted by Crippen LogP contribution is 2.08. The number of aromatic nitrogens is 1. The molecule has 94 valence electrons. The molecule has 5 heteroatoms. The van der Waals surface area contributed by atoms with E-state index in [9.17, 15) is 0 Å². The second-order valence-corrected chi connectivity index (χ2v) is 3.78. The van der Waals surface area contributed by atoms with E-state index in [0.29, 0.717) is 18.1 Å². The van der Waals surface area contributed by atoms with Gasteiger partial charge in [0.25, 0.3) is 0 Å². The van der Waals surface area contributed by atoms with E-state index < -0.39 is 0 Å². The SMILES string of the molecule is CCCCCCOc1ccc(/C(N)=N/O)cn1. The standard InChI is InChI=1S/C12H19N3O2/c1-2-3-4-5-8-17-11-7-6-10(9-14-11)12(13)15-16/h6-7,9,16H,2-5,8H2,1H3,(H2,13,15). The van der Waals surface area contributed by atoms with E-state index in [0.717, 1.165) is 6.42 Å².